The van der Waals surface area contributed by atoms with Gasteiger partial charge in [-0.05, 0) is 104 Å². The highest BCUT2D eigenvalue weighted by Crippen LogP contribution is 2.30. The topological polar surface area (TPSA) is 85.9 Å². The van der Waals surface area contributed by atoms with E-state index in [0.29, 0.717) is 11.1 Å². The van der Waals surface area contributed by atoms with Crippen molar-refractivity contribution in [2.75, 3.05) is 5.73 Å². The Morgan fingerprint density at radius 3 is 1.58 bits per heavy atom. The molecule has 4 rings (SSSR count). The Balaban J connectivity index is 0.000000247. The Kier molecular flexibility index (Phi) is 12.0. The number of carbonyl (C=O) groups excluding carboxylic acids is 2. The number of nitrogens with zero attached hydrogens (tertiary/aromatic N) is 2. The number of Topliss-reactive ketones (excluding diaryl/α,β-unsaturated/α-hetero) is 1. The summed E-state index contributed by atoms with van der Waals surface area (Å²) >= 11 is 5.29. The van der Waals surface area contributed by atoms with E-state index in [4.69, 9.17) is 17.3 Å². The number of benzene rings is 2. The van der Waals surface area contributed by atoms with Gasteiger partial charge in [0.1, 0.15) is 5.82 Å². The number of hydrogen-bond acceptors (Lipinski definition) is 5. The highest BCUT2D eigenvalue weighted by Gasteiger charge is 2.31. The third kappa shape index (κ3) is 11.2. The summed E-state index contributed by atoms with van der Waals surface area (Å²) in [6.07, 6.45) is -6.81. The monoisotopic (exact) mass is 623 g/mol. The van der Waals surface area contributed by atoms with Gasteiger partial charge < -0.3 is 5.73 Å². The summed E-state index contributed by atoms with van der Waals surface area (Å²) in [5.74, 6) is -0.371. The number of rotatable bonds is 4. The maximum absolute atomic E-state index is 12.6. The number of aryl methyl sites for hydroxylation is 4. The number of alkyl halides is 6. The van der Waals surface area contributed by atoms with Crippen LogP contribution >= 0.6 is 11.6 Å². The molecule has 0 aliphatic rings. The van der Waals surface area contributed by atoms with E-state index in [9.17, 15) is 35.9 Å². The molecule has 0 saturated carbocycles. The van der Waals surface area contributed by atoms with Crippen molar-refractivity contribution in [1.29, 1.82) is 0 Å². The number of pyridine rings is 2. The molecule has 5 nitrogen and oxygen atoms in total. The molecule has 4 aromatic rings. The number of carbonyl (C=O) groups is 2. The second-order valence-electron chi connectivity index (χ2n) is 9.47. The van der Waals surface area contributed by atoms with Crippen molar-refractivity contribution in [2.45, 2.75) is 46.5 Å². The van der Waals surface area contributed by atoms with Crippen LogP contribution in [0.2, 0.25) is 0 Å². The molecule has 2 N–H and O–H groups in total. The number of nitrogens with two attached hydrogens (primary N) is 1. The summed E-state index contributed by atoms with van der Waals surface area (Å²) in [6, 6.07) is 14.1. The van der Waals surface area contributed by atoms with Gasteiger partial charge in [-0.3, -0.25) is 14.6 Å². The molecule has 2 heterocycles. The van der Waals surface area contributed by atoms with E-state index in [1.807, 2.05) is 39.8 Å². The van der Waals surface area contributed by atoms with Gasteiger partial charge in [-0.1, -0.05) is 18.2 Å². The zero-order valence-electron chi connectivity index (χ0n) is 23.6. The second-order valence-corrected chi connectivity index (χ2v) is 9.82. The molecule has 43 heavy (non-hydrogen) atoms. The van der Waals surface area contributed by atoms with Crippen molar-refractivity contribution >= 4 is 28.4 Å². The van der Waals surface area contributed by atoms with Gasteiger partial charge >= 0.3 is 12.4 Å². The van der Waals surface area contributed by atoms with Crippen LogP contribution in [-0.4, -0.2) is 21.0 Å². The van der Waals surface area contributed by atoms with Crippen LogP contribution in [0.3, 0.4) is 0 Å². The number of aromatic nitrogens is 2. The van der Waals surface area contributed by atoms with E-state index < -0.39 is 28.7 Å². The van der Waals surface area contributed by atoms with Gasteiger partial charge in [-0.2, -0.15) is 26.3 Å². The maximum atomic E-state index is 12.6. The Bertz CT molecular complexity index is 1590. The van der Waals surface area contributed by atoms with Crippen LogP contribution in [0.5, 0.6) is 0 Å². The summed E-state index contributed by atoms with van der Waals surface area (Å²) in [5, 5.41) is -0.395. The zero-order chi connectivity index (χ0) is 32.5. The Labute approximate surface area is 249 Å². The van der Waals surface area contributed by atoms with Gasteiger partial charge in [0.05, 0.1) is 17.5 Å². The molecule has 0 fully saturated rings. The van der Waals surface area contributed by atoms with Gasteiger partial charge in [-0.15, -0.1) is 0 Å². The molecule has 12 heteroatoms. The average molecular weight is 624 g/mol. The third-order valence-corrected chi connectivity index (χ3v) is 6.37. The first-order chi connectivity index (χ1) is 19.9. The van der Waals surface area contributed by atoms with Crippen molar-refractivity contribution in [2.24, 2.45) is 0 Å². The highest BCUT2D eigenvalue weighted by atomic mass is 35.5. The third-order valence-electron chi connectivity index (χ3n) is 6.16. The largest absolute Gasteiger partial charge is 0.416 e. The second kappa shape index (κ2) is 14.8. The Morgan fingerprint density at radius 1 is 0.674 bits per heavy atom. The van der Waals surface area contributed by atoms with Crippen molar-refractivity contribution in [1.82, 2.24) is 9.97 Å². The number of nitrogen functional groups attached to an aromatic ring is 1. The molecule has 0 aliphatic carbocycles. The average Bonchev–Trinajstić information content (AvgIpc) is 2.91. The SMILES string of the molecule is Cc1ccc(C(=O)Cc2cc(C(F)(F)F)ccn2)cc1C.Cc1ccc(C(=O)Cl)cc1C.Nc1cc(C(F)(F)F)ccn1. The first-order valence-electron chi connectivity index (χ1n) is 12.6. The summed E-state index contributed by atoms with van der Waals surface area (Å²) in [6.45, 7) is 7.77. The van der Waals surface area contributed by atoms with Gasteiger partial charge in [0, 0.05) is 29.2 Å². The standard InChI is InChI=1S/C16H14F3NO.C9H9ClO.C6H5F3N2/c1-10-3-4-12(7-11(10)2)15(21)9-14-8-13(5-6-20-14)16(17,18)19;1-6-3-4-8(9(10)11)5-7(6)2;7-6(8,9)4-1-2-11-5(10)3-4/h3-8H,9H2,1-2H3;3-5H,1-2H3;1-3H,(H2,10,11). The van der Waals surface area contributed by atoms with Crippen LogP contribution in [0.1, 0.15) is 59.8 Å². The number of ketones is 1. The maximum Gasteiger partial charge on any atom is 0.416 e. The molecule has 0 bridgehead atoms. The molecule has 0 saturated heterocycles. The minimum Gasteiger partial charge on any atom is -0.384 e. The van der Waals surface area contributed by atoms with Crippen molar-refractivity contribution in [3.05, 3.63) is 123 Å². The smallest absolute Gasteiger partial charge is 0.384 e. The number of halogens is 7. The van der Waals surface area contributed by atoms with Crippen molar-refractivity contribution in [3.8, 4) is 0 Å². The van der Waals surface area contributed by atoms with E-state index in [-0.39, 0.29) is 23.7 Å². The van der Waals surface area contributed by atoms with E-state index in [2.05, 4.69) is 9.97 Å². The minimum absolute atomic E-state index is 0.119. The minimum atomic E-state index is -4.43. The summed E-state index contributed by atoms with van der Waals surface area (Å²) in [7, 11) is 0. The predicted molar refractivity (Wildman–Crippen MR) is 153 cm³/mol. The van der Waals surface area contributed by atoms with Gasteiger partial charge in [0.15, 0.2) is 5.78 Å². The van der Waals surface area contributed by atoms with Gasteiger partial charge in [0.25, 0.3) is 5.24 Å². The molecular formula is C31H28ClF6N3O2. The molecule has 0 amide bonds. The van der Waals surface area contributed by atoms with Crippen LogP contribution in [0.25, 0.3) is 0 Å². The quantitative estimate of drug-likeness (QED) is 0.140. The summed E-state index contributed by atoms with van der Waals surface area (Å²) in [4.78, 5) is 30.1. The molecule has 0 radical (unpaired) electrons. The number of anilines is 1. The first kappa shape index (κ1) is 34.9. The van der Waals surface area contributed by atoms with E-state index >= 15 is 0 Å². The fourth-order valence-electron chi connectivity index (χ4n) is 3.42. The zero-order valence-corrected chi connectivity index (χ0v) is 24.3. The van der Waals surface area contributed by atoms with Crippen LogP contribution in [0.15, 0.2) is 73.1 Å². The molecule has 2 aromatic heterocycles. The molecule has 0 spiro atoms. The summed E-state index contributed by atoms with van der Waals surface area (Å²) in [5.41, 5.74) is 8.94. The summed E-state index contributed by atoms with van der Waals surface area (Å²) < 4.78 is 73.5. The normalized spacial score (nSPS) is 11.0. The lowest BCUT2D eigenvalue weighted by Gasteiger charge is -2.08. The highest BCUT2D eigenvalue weighted by molar-refractivity contribution is 6.67. The van der Waals surface area contributed by atoms with Crippen molar-refractivity contribution in [3.63, 3.8) is 0 Å². The van der Waals surface area contributed by atoms with Gasteiger partial charge in [-0.25, -0.2) is 4.98 Å². The lowest BCUT2D eigenvalue weighted by atomic mass is 10.0. The lowest BCUT2D eigenvalue weighted by Crippen LogP contribution is -2.09. The molecule has 0 unspecified atom stereocenters. The Hall–Kier alpha value is -4.25. The fraction of sp³-hybridized carbons (Fsp3) is 0.226. The molecule has 0 aliphatic heterocycles. The molecule has 0 atom stereocenters. The number of hydrogen-bond donors (Lipinski definition) is 1. The van der Waals surface area contributed by atoms with Crippen LogP contribution in [0, 0.1) is 27.7 Å². The van der Waals surface area contributed by atoms with E-state index in [1.54, 1.807) is 24.3 Å². The van der Waals surface area contributed by atoms with Gasteiger partial charge in [0.2, 0.25) is 0 Å². The van der Waals surface area contributed by atoms with E-state index in [1.165, 1.54) is 5.56 Å². The van der Waals surface area contributed by atoms with E-state index in [0.717, 1.165) is 53.3 Å². The molecule has 2 aromatic carbocycles. The predicted octanol–water partition coefficient (Wildman–Crippen LogP) is 8.51. The molecule has 228 valence electrons. The van der Waals surface area contributed by atoms with Crippen LogP contribution in [-0.2, 0) is 18.8 Å². The first-order valence-corrected chi connectivity index (χ1v) is 12.9. The molecular weight excluding hydrogens is 596 g/mol. The Morgan fingerprint density at radius 2 is 1.14 bits per heavy atom. The van der Waals surface area contributed by atoms with Crippen molar-refractivity contribution < 1.29 is 35.9 Å². The van der Waals surface area contributed by atoms with Crippen LogP contribution in [0.4, 0.5) is 32.2 Å². The fourth-order valence-corrected chi connectivity index (χ4v) is 3.54. The lowest BCUT2D eigenvalue weighted by molar-refractivity contribution is -0.138. The van der Waals surface area contributed by atoms with Crippen LogP contribution < -0.4 is 5.73 Å².